The van der Waals surface area contributed by atoms with Crippen LogP contribution in [-0.4, -0.2) is 24.1 Å². The van der Waals surface area contributed by atoms with Crippen molar-refractivity contribution in [2.45, 2.75) is 40.2 Å². The Labute approximate surface area is 139 Å². The van der Waals surface area contributed by atoms with E-state index in [4.69, 9.17) is 0 Å². The van der Waals surface area contributed by atoms with Crippen LogP contribution in [-0.2, 0) is 13.0 Å². The Kier molecular flexibility index (Phi) is 4.66. The standard InChI is InChI=1S/C16H20N6S/c1-4-9-22-10-13(11(3)20-22)15-19-16(23-21-15)18-14-8-6-7-12(5-2)17-14/h6-8,10H,4-5,9H2,1-3H3,(H,17,18,19,21). The van der Waals surface area contributed by atoms with Crippen molar-refractivity contribution in [3.63, 3.8) is 0 Å². The van der Waals surface area contributed by atoms with Crippen LogP contribution in [0.4, 0.5) is 10.9 Å². The third-order valence-electron chi connectivity index (χ3n) is 3.47. The third-order valence-corrected chi connectivity index (χ3v) is 4.10. The summed E-state index contributed by atoms with van der Waals surface area (Å²) >= 11 is 1.33. The van der Waals surface area contributed by atoms with Crippen LogP contribution in [0.15, 0.2) is 24.4 Å². The zero-order valence-corrected chi connectivity index (χ0v) is 14.4. The van der Waals surface area contributed by atoms with Crippen LogP contribution >= 0.6 is 11.5 Å². The summed E-state index contributed by atoms with van der Waals surface area (Å²) in [6.45, 7) is 7.12. The molecule has 7 heteroatoms. The van der Waals surface area contributed by atoms with E-state index in [-0.39, 0.29) is 0 Å². The SMILES string of the molecule is CCCn1cc(-c2nsc(Nc3cccc(CC)n3)n2)c(C)n1. The van der Waals surface area contributed by atoms with E-state index >= 15 is 0 Å². The van der Waals surface area contributed by atoms with E-state index < -0.39 is 0 Å². The van der Waals surface area contributed by atoms with Crippen molar-refractivity contribution >= 4 is 22.5 Å². The van der Waals surface area contributed by atoms with Crippen molar-refractivity contribution in [2.75, 3.05) is 5.32 Å². The van der Waals surface area contributed by atoms with Gasteiger partial charge in [0.15, 0.2) is 5.82 Å². The number of anilines is 2. The van der Waals surface area contributed by atoms with Gasteiger partial charge in [-0.3, -0.25) is 4.68 Å². The second kappa shape index (κ2) is 6.87. The summed E-state index contributed by atoms with van der Waals surface area (Å²) in [5.74, 6) is 1.51. The summed E-state index contributed by atoms with van der Waals surface area (Å²) in [7, 11) is 0. The molecule has 0 bridgehead atoms. The first-order valence-electron chi connectivity index (χ1n) is 7.80. The Morgan fingerprint density at radius 3 is 2.87 bits per heavy atom. The zero-order valence-electron chi connectivity index (χ0n) is 13.6. The van der Waals surface area contributed by atoms with Crippen molar-refractivity contribution in [3.05, 3.63) is 35.8 Å². The monoisotopic (exact) mass is 328 g/mol. The maximum atomic E-state index is 4.57. The number of aryl methyl sites for hydroxylation is 3. The van der Waals surface area contributed by atoms with Crippen molar-refractivity contribution in [3.8, 4) is 11.4 Å². The molecule has 0 aliphatic carbocycles. The molecular formula is C16H20N6S. The average molecular weight is 328 g/mol. The molecule has 23 heavy (non-hydrogen) atoms. The molecule has 3 aromatic rings. The molecule has 0 amide bonds. The predicted molar refractivity (Wildman–Crippen MR) is 93.1 cm³/mol. The van der Waals surface area contributed by atoms with E-state index in [0.717, 1.165) is 47.3 Å². The summed E-state index contributed by atoms with van der Waals surface area (Å²) < 4.78 is 6.40. The highest BCUT2D eigenvalue weighted by Gasteiger charge is 2.13. The van der Waals surface area contributed by atoms with Crippen LogP contribution < -0.4 is 5.32 Å². The van der Waals surface area contributed by atoms with Crippen LogP contribution in [0.2, 0.25) is 0 Å². The molecular weight excluding hydrogens is 308 g/mol. The predicted octanol–water partition coefficient (Wildman–Crippen LogP) is 3.82. The summed E-state index contributed by atoms with van der Waals surface area (Å²) in [4.78, 5) is 9.09. The molecule has 0 aromatic carbocycles. The van der Waals surface area contributed by atoms with Gasteiger partial charge in [-0.25, -0.2) is 4.98 Å². The van der Waals surface area contributed by atoms with Crippen molar-refractivity contribution < 1.29 is 0 Å². The smallest absolute Gasteiger partial charge is 0.208 e. The van der Waals surface area contributed by atoms with Gasteiger partial charge in [0.1, 0.15) is 5.82 Å². The van der Waals surface area contributed by atoms with Crippen LogP contribution in [0.1, 0.15) is 31.7 Å². The molecule has 0 spiro atoms. The molecule has 3 heterocycles. The van der Waals surface area contributed by atoms with Gasteiger partial charge in [0.05, 0.1) is 11.3 Å². The minimum Gasteiger partial charge on any atom is -0.315 e. The van der Waals surface area contributed by atoms with E-state index in [0.29, 0.717) is 5.82 Å². The quantitative estimate of drug-likeness (QED) is 0.745. The Balaban J connectivity index is 1.80. The highest BCUT2D eigenvalue weighted by Crippen LogP contribution is 2.25. The Morgan fingerprint density at radius 1 is 1.22 bits per heavy atom. The largest absolute Gasteiger partial charge is 0.315 e. The molecule has 1 N–H and O–H groups in total. The molecule has 0 unspecified atom stereocenters. The lowest BCUT2D eigenvalue weighted by Gasteiger charge is -2.02. The second-order valence-corrected chi connectivity index (χ2v) is 6.06. The van der Waals surface area contributed by atoms with Crippen molar-refractivity contribution in [1.29, 1.82) is 0 Å². The van der Waals surface area contributed by atoms with Crippen molar-refractivity contribution in [2.24, 2.45) is 0 Å². The zero-order chi connectivity index (χ0) is 16.2. The van der Waals surface area contributed by atoms with Gasteiger partial charge in [0, 0.05) is 30.0 Å². The van der Waals surface area contributed by atoms with E-state index in [1.54, 1.807) is 0 Å². The lowest BCUT2D eigenvalue weighted by Crippen LogP contribution is -1.96. The van der Waals surface area contributed by atoms with Crippen molar-refractivity contribution in [1.82, 2.24) is 24.1 Å². The van der Waals surface area contributed by atoms with Crippen LogP contribution in [0.5, 0.6) is 0 Å². The first kappa shape index (κ1) is 15.6. The molecule has 0 saturated carbocycles. The third kappa shape index (κ3) is 3.56. The number of nitrogens with zero attached hydrogens (tertiary/aromatic N) is 5. The van der Waals surface area contributed by atoms with Crippen LogP contribution in [0.3, 0.4) is 0 Å². The Hall–Kier alpha value is -2.28. The molecule has 0 saturated heterocycles. The number of aromatic nitrogens is 5. The van der Waals surface area contributed by atoms with Gasteiger partial charge in [-0.15, -0.1) is 0 Å². The molecule has 0 fully saturated rings. The Bertz CT molecular complexity index is 791. The van der Waals surface area contributed by atoms with Crippen LogP contribution in [0, 0.1) is 6.92 Å². The first-order chi connectivity index (χ1) is 11.2. The average Bonchev–Trinajstić information content (AvgIpc) is 3.14. The summed E-state index contributed by atoms with van der Waals surface area (Å²) in [5, 5.41) is 8.47. The van der Waals surface area contributed by atoms with Gasteiger partial charge in [0.25, 0.3) is 0 Å². The molecule has 3 aromatic heterocycles. The fourth-order valence-electron chi connectivity index (χ4n) is 2.32. The molecule has 3 rings (SSSR count). The normalized spacial score (nSPS) is 10.9. The van der Waals surface area contributed by atoms with Gasteiger partial charge in [-0.2, -0.15) is 14.5 Å². The maximum Gasteiger partial charge on any atom is 0.208 e. The summed E-state index contributed by atoms with van der Waals surface area (Å²) in [6, 6.07) is 5.95. The number of rotatable bonds is 6. The second-order valence-electron chi connectivity index (χ2n) is 5.31. The summed E-state index contributed by atoms with van der Waals surface area (Å²) in [5.41, 5.74) is 2.99. The Morgan fingerprint density at radius 2 is 2.09 bits per heavy atom. The van der Waals surface area contributed by atoms with Gasteiger partial charge in [-0.05, 0) is 31.9 Å². The molecule has 0 radical (unpaired) electrons. The number of hydrogen-bond acceptors (Lipinski definition) is 6. The minimum atomic E-state index is 0.712. The van der Waals surface area contributed by atoms with Gasteiger partial charge in [-0.1, -0.05) is 19.9 Å². The molecule has 6 nitrogen and oxygen atoms in total. The molecule has 0 atom stereocenters. The molecule has 120 valence electrons. The fraction of sp³-hybridized carbons (Fsp3) is 0.375. The van der Waals surface area contributed by atoms with Crippen LogP contribution in [0.25, 0.3) is 11.4 Å². The highest BCUT2D eigenvalue weighted by molar-refractivity contribution is 7.09. The number of hydrogen-bond donors (Lipinski definition) is 1. The van der Waals surface area contributed by atoms with E-state index in [1.165, 1.54) is 11.5 Å². The van der Waals surface area contributed by atoms with E-state index in [9.17, 15) is 0 Å². The lowest BCUT2D eigenvalue weighted by molar-refractivity contribution is 0.598. The number of pyridine rings is 1. The van der Waals surface area contributed by atoms with Gasteiger partial charge in [0.2, 0.25) is 5.13 Å². The first-order valence-corrected chi connectivity index (χ1v) is 8.58. The minimum absolute atomic E-state index is 0.712. The molecule has 0 aliphatic rings. The molecule has 0 aliphatic heterocycles. The summed E-state index contributed by atoms with van der Waals surface area (Å²) in [6.07, 6.45) is 3.98. The topological polar surface area (TPSA) is 68.5 Å². The highest BCUT2D eigenvalue weighted by atomic mass is 32.1. The fourth-order valence-corrected chi connectivity index (χ4v) is 2.91. The van der Waals surface area contributed by atoms with Gasteiger partial charge >= 0.3 is 0 Å². The van der Waals surface area contributed by atoms with Gasteiger partial charge < -0.3 is 5.32 Å². The number of nitrogens with one attached hydrogen (secondary N) is 1. The maximum absolute atomic E-state index is 4.57. The van der Waals surface area contributed by atoms with E-state index in [2.05, 4.69) is 38.6 Å². The van der Waals surface area contributed by atoms with E-state index in [1.807, 2.05) is 36.0 Å². The lowest BCUT2D eigenvalue weighted by atomic mass is 10.2.